The molecule has 5 rings (SSSR count). The summed E-state index contributed by atoms with van der Waals surface area (Å²) in [6, 6.07) is 12.6. The lowest BCUT2D eigenvalue weighted by Crippen LogP contribution is -2.65. The highest BCUT2D eigenvalue weighted by molar-refractivity contribution is 9.10. The number of carbonyl (C=O) groups excluding carboxylic acids is 2. The van der Waals surface area contributed by atoms with Gasteiger partial charge in [-0.1, -0.05) is 34.1 Å². The number of methoxy groups -OCH3 is 1. The number of likely N-dealkylation sites (N-methyl/N-ethyl adjacent to an activating group) is 1. The van der Waals surface area contributed by atoms with Crippen LogP contribution in [0.1, 0.15) is 25.3 Å². The highest BCUT2D eigenvalue weighted by Gasteiger charge is 2.52. The summed E-state index contributed by atoms with van der Waals surface area (Å²) in [7, 11) is 3.24. The average molecular weight is 600 g/mol. The molecule has 1 saturated heterocycles. The van der Waals surface area contributed by atoms with Crippen molar-refractivity contribution in [2.24, 2.45) is 0 Å². The van der Waals surface area contributed by atoms with E-state index in [-0.39, 0.29) is 18.2 Å². The Hall–Kier alpha value is -3.21. The first-order valence-corrected chi connectivity index (χ1v) is 13.7. The fraction of sp³-hybridized carbons (Fsp3) is 0.379. The molecule has 0 saturated carbocycles. The van der Waals surface area contributed by atoms with Crippen LogP contribution in [0.4, 0.5) is 10.1 Å². The van der Waals surface area contributed by atoms with Crippen LogP contribution in [-0.2, 0) is 20.9 Å². The number of rotatable bonds is 6. The maximum atomic E-state index is 15.4. The maximum absolute atomic E-state index is 15.4. The minimum Gasteiger partial charge on any atom is -0.496 e. The number of nitrogens with zero attached hydrogens (tertiary/aromatic N) is 1. The van der Waals surface area contributed by atoms with E-state index in [9.17, 15) is 9.59 Å². The molecule has 10 heteroatoms. The van der Waals surface area contributed by atoms with Gasteiger partial charge in [-0.05, 0) is 55.1 Å². The summed E-state index contributed by atoms with van der Waals surface area (Å²) in [5.41, 5.74) is -0.138. The van der Waals surface area contributed by atoms with Gasteiger partial charge in [0.2, 0.25) is 5.91 Å². The van der Waals surface area contributed by atoms with E-state index in [1.165, 1.54) is 11.0 Å². The number of hydrogen-bond acceptors (Lipinski definition) is 6. The predicted octanol–water partition coefficient (Wildman–Crippen LogP) is 4.32. The van der Waals surface area contributed by atoms with Crippen molar-refractivity contribution in [3.05, 3.63) is 64.4 Å². The molecule has 1 fully saturated rings. The number of ether oxygens (including phenoxy) is 3. The first kappa shape index (κ1) is 27.4. The summed E-state index contributed by atoms with van der Waals surface area (Å²) in [6.45, 7) is 2.41. The van der Waals surface area contributed by atoms with Gasteiger partial charge < -0.3 is 29.7 Å². The van der Waals surface area contributed by atoms with Gasteiger partial charge in [0.05, 0.1) is 38.6 Å². The predicted molar refractivity (Wildman–Crippen MR) is 150 cm³/mol. The smallest absolute Gasteiger partial charge is 0.254 e. The van der Waals surface area contributed by atoms with E-state index in [1.807, 2.05) is 30.3 Å². The van der Waals surface area contributed by atoms with E-state index in [0.29, 0.717) is 37.5 Å². The average Bonchev–Trinajstić information content (AvgIpc) is 3.03. The molecule has 3 aromatic rings. The molecular weight excluding hydrogens is 569 g/mol. The molecular formula is C29H31BrFN3O5. The van der Waals surface area contributed by atoms with Crippen molar-refractivity contribution in [2.75, 3.05) is 32.3 Å². The van der Waals surface area contributed by atoms with Gasteiger partial charge in [0, 0.05) is 22.9 Å². The van der Waals surface area contributed by atoms with Crippen molar-refractivity contribution in [1.29, 1.82) is 0 Å². The van der Waals surface area contributed by atoms with Crippen molar-refractivity contribution in [3.8, 4) is 11.5 Å². The van der Waals surface area contributed by atoms with Gasteiger partial charge in [0.15, 0.2) is 11.6 Å². The van der Waals surface area contributed by atoms with Crippen molar-refractivity contribution >= 4 is 44.2 Å². The largest absolute Gasteiger partial charge is 0.496 e. The van der Waals surface area contributed by atoms with Crippen LogP contribution in [0.3, 0.4) is 0 Å². The highest BCUT2D eigenvalue weighted by Crippen LogP contribution is 2.44. The zero-order valence-electron chi connectivity index (χ0n) is 22.1. The Morgan fingerprint density at radius 3 is 2.72 bits per heavy atom. The zero-order valence-corrected chi connectivity index (χ0v) is 23.6. The van der Waals surface area contributed by atoms with E-state index >= 15 is 4.39 Å². The molecule has 2 aliphatic heterocycles. The molecule has 2 heterocycles. The number of halogens is 2. The van der Waals surface area contributed by atoms with Gasteiger partial charge in [-0.2, -0.15) is 0 Å². The molecule has 1 spiro atoms. The zero-order chi connectivity index (χ0) is 27.7. The Balaban J connectivity index is 1.67. The van der Waals surface area contributed by atoms with Crippen LogP contribution in [0, 0.1) is 5.82 Å². The monoisotopic (exact) mass is 599 g/mol. The van der Waals surface area contributed by atoms with Gasteiger partial charge in [-0.15, -0.1) is 0 Å². The molecule has 3 aromatic carbocycles. The molecule has 0 aliphatic carbocycles. The van der Waals surface area contributed by atoms with Crippen molar-refractivity contribution in [1.82, 2.24) is 10.6 Å². The van der Waals surface area contributed by atoms with Crippen LogP contribution in [0.25, 0.3) is 10.8 Å². The standard InChI is InChI=1S/C29H31BrFN3O5/c1-17(32-2)27(35)33-26-28(36)34(16-21-20-9-8-19(30)15-18(20)7-10-24(21)37-3)23-6-4-5-22(31)25(23)39-29(26)11-13-38-14-12-29/h4-10,15,17,26,32H,11-14,16H2,1-3H3,(H,33,35)/t17-,26-/m0/s1. The summed E-state index contributed by atoms with van der Waals surface area (Å²) < 4.78 is 34.1. The fourth-order valence-corrected chi connectivity index (χ4v) is 5.67. The maximum Gasteiger partial charge on any atom is 0.254 e. The molecule has 2 amide bonds. The summed E-state index contributed by atoms with van der Waals surface area (Å²) in [5, 5.41) is 7.68. The molecule has 2 N–H and O–H groups in total. The second kappa shape index (κ2) is 11.1. The SMILES string of the molecule is CN[C@@H](C)C(=O)N[C@H]1C(=O)N(Cc2c(OC)ccc3cc(Br)ccc23)c2cccc(F)c2OC12CCOCC2. The van der Waals surface area contributed by atoms with Crippen LogP contribution < -0.4 is 25.0 Å². The summed E-state index contributed by atoms with van der Waals surface area (Å²) in [6.07, 6.45) is 0.621. The number of nitrogens with one attached hydrogen (secondary N) is 2. The van der Waals surface area contributed by atoms with E-state index in [0.717, 1.165) is 20.8 Å². The lowest BCUT2D eigenvalue weighted by molar-refractivity contribution is -0.138. The molecule has 0 bridgehead atoms. The van der Waals surface area contributed by atoms with Crippen molar-refractivity contribution in [2.45, 2.75) is 44.0 Å². The van der Waals surface area contributed by atoms with Gasteiger partial charge in [0.1, 0.15) is 17.4 Å². The summed E-state index contributed by atoms with van der Waals surface area (Å²) in [4.78, 5) is 29.1. The molecule has 0 radical (unpaired) electrons. The number of amides is 2. The van der Waals surface area contributed by atoms with Crippen LogP contribution >= 0.6 is 15.9 Å². The molecule has 206 valence electrons. The van der Waals surface area contributed by atoms with Crippen LogP contribution in [0.2, 0.25) is 0 Å². The summed E-state index contributed by atoms with van der Waals surface area (Å²) in [5.74, 6) is -0.766. The van der Waals surface area contributed by atoms with Gasteiger partial charge in [0.25, 0.3) is 5.91 Å². The van der Waals surface area contributed by atoms with Crippen molar-refractivity contribution in [3.63, 3.8) is 0 Å². The number of carbonyl (C=O) groups is 2. The topological polar surface area (TPSA) is 89.1 Å². The number of para-hydroxylation sites is 1. The normalized spacial score (nSPS) is 19.3. The third-order valence-corrected chi connectivity index (χ3v) is 8.11. The third-order valence-electron chi connectivity index (χ3n) is 7.62. The van der Waals surface area contributed by atoms with Gasteiger partial charge in [-0.25, -0.2) is 4.39 Å². The molecule has 2 atom stereocenters. The fourth-order valence-electron chi connectivity index (χ4n) is 5.29. The van der Waals surface area contributed by atoms with E-state index < -0.39 is 29.4 Å². The Bertz CT molecular complexity index is 1410. The minimum absolute atomic E-state index is 0.0203. The number of benzene rings is 3. The Morgan fingerprint density at radius 2 is 2.00 bits per heavy atom. The van der Waals surface area contributed by atoms with Crippen LogP contribution in [0.15, 0.2) is 53.0 Å². The van der Waals surface area contributed by atoms with Gasteiger partial charge >= 0.3 is 0 Å². The van der Waals surface area contributed by atoms with Crippen LogP contribution in [-0.4, -0.2) is 56.9 Å². The number of hydrogen-bond donors (Lipinski definition) is 2. The second-order valence-corrected chi connectivity index (χ2v) is 10.8. The quantitative estimate of drug-likeness (QED) is 0.439. The molecule has 2 aliphatic rings. The molecule has 0 unspecified atom stereocenters. The second-order valence-electron chi connectivity index (χ2n) is 9.86. The van der Waals surface area contributed by atoms with E-state index in [1.54, 1.807) is 33.2 Å². The van der Waals surface area contributed by atoms with E-state index in [2.05, 4.69) is 26.6 Å². The first-order valence-electron chi connectivity index (χ1n) is 12.9. The van der Waals surface area contributed by atoms with E-state index in [4.69, 9.17) is 14.2 Å². The number of anilines is 1. The molecule has 0 aromatic heterocycles. The number of fused-ring (bicyclic) bond motifs is 2. The van der Waals surface area contributed by atoms with Crippen LogP contribution in [0.5, 0.6) is 11.5 Å². The van der Waals surface area contributed by atoms with Gasteiger partial charge in [-0.3, -0.25) is 9.59 Å². The van der Waals surface area contributed by atoms with Crippen molar-refractivity contribution < 1.29 is 28.2 Å². The lowest BCUT2D eigenvalue weighted by atomic mass is 9.84. The third kappa shape index (κ3) is 5.08. The Kier molecular flexibility index (Phi) is 7.80. The minimum atomic E-state index is -1.18. The Morgan fingerprint density at radius 1 is 1.23 bits per heavy atom. The molecule has 39 heavy (non-hydrogen) atoms. The summed E-state index contributed by atoms with van der Waals surface area (Å²) >= 11 is 3.52. The lowest BCUT2D eigenvalue weighted by Gasteiger charge is -2.41. The Labute approximate surface area is 234 Å². The highest BCUT2D eigenvalue weighted by atomic mass is 79.9. The molecule has 8 nitrogen and oxygen atoms in total. The first-order chi connectivity index (χ1) is 18.8.